The first-order valence-electron chi connectivity index (χ1n) is 8.43. The predicted molar refractivity (Wildman–Crippen MR) is 103 cm³/mol. The van der Waals surface area contributed by atoms with Crippen LogP contribution in [0.1, 0.15) is 16.1 Å². The number of fused-ring (bicyclic) bond motifs is 1. The molecule has 3 N–H and O–H groups in total. The number of nitrogens with one attached hydrogen (secondary N) is 1. The molecule has 4 rings (SSSR count). The second-order valence-corrected chi connectivity index (χ2v) is 7.57. The summed E-state index contributed by atoms with van der Waals surface area (Å²) in [5.41, 5.74) is 8.50. The Labute approximate surface area is 158 Å². The molecule has 0 aliphatic carbocycles. The van der Waals surface area contributed by atoms with E-state index in [-0.39, 0.29) is 15.5 Å². The smallest absolute Gasteiger partial charge is 0.324 e. The molecule has 0 saturated heterocycles. The molecular weight excluding hydrogens is 366 g/mol. The molecule has 0 saturated carbocycles. The topological polar surface area (TPSA) is 118 Å². The monoisotopic (exact) mass is 383 g/mol. The number of aromatic amines is 1. The van der Waals surface area contributed by atoms with Crippen molar-refractivity contribution in [2.75, 3.05) is 12.3 Å². The van der Waals surface area contributed by atoms with Crippen molar-refractivity contribution in [1.82, 2.24) is 14.9 Å². The van der Waals surface area contributed by atoms with E-state index in [2.05, 4.69) is 14.9 Å². The highest BCUT2D eigenvalue weighted by atomic mass is 32.1. The van der Waals surface area contributed by atoms with Gasteiger partial charge in [-0.1, -0.05) is 11.3 Å². The molecule has 1 aliphatic heterocycles. The van der Waals surface area contributed by atoms with Crippen LogP contribution in [0.4, 0.5) is 10.7 Å². The van der Waals surface area contributed by atoms with Gasteiger partial charge in [0.05, 0.1) is 16.2 Å². The fraction of sp³-hybridized carbons (Fsp3) is 0.222. The molecule has 1 aliphatic rings. The summed E-state index contributed by atoms with van der Waals surface area (Å²) in [5, 5.41) is 11.0. The van der Waals surface area contributed by atoms with Gasteiger partial charge < -0.3 is 10.7 Å². The number of benzene rings is 1. The minimum absolute atomic E-state index is 0.134. The van der Waals surface area contributed by atoms with Crippen LogP contribution < -0.4 is 11.3 Å². The molecule has 3 aromatic rings. The summed E-state index contributed by atoms with van der Waals surface area (Å²) >= 11 is 1.17. The summed E-state index contributed by atoms with van der Waals surface area (Å²) in [6.07, 6.45) is 0.661. The van der Waals surface area contributed by atoms with Crippen molar-refractivity contribution >= 4 is 22.0 Å². The van der Waals surface area contributed by atoms with Gasteiger partial charge in [-0.2, -0.15) is 0 Å². The third-order valence-electron chi connectivity index (χ3n) is 4.54. The quantitative estimate of drug-likeness (QED) is 0.406. The van der Waals surface area contributed by atoms with E-state index in [1.807, 2.05) is 12.1 Å². The third kappa shape index (κ3) is 3.60. The number of thiophene rings is 1. The number of hydrogen-bond acceptors (Lipinski definition) is 7. The van der Waals surface area contributed by atoms with Crippen LogP contribution >= 0.6 is 11.3 Å². The van der Waals surface area contributed by atoms with E-state index in [0.717, 1.165) is 22.7 Å². The lowest BCUT2D eigenvalue weighted by atomic mass is 10.1. The summed E-state index contributed by atoms with van der Waals surface area (Å²) in [7, 11) is 0. The van der Waals surface area contributed by atoms with E-state index in [9.17, 15) is 14.9 Å². The van der Waals surface area contributed by atoms with Gasteiger partial charge >= 0.3 is 5.00 Å². The Morgan fingerprint density at radius 2 is 2.04 bits per heavy atom. The molecule has 1 aromatic carbocycles. The number of nitrogens with zero attached hydrogens (tertiary/aromatic N) is 3. The standard InChI is InChI=1S/C18H17N5O3S/c19-12-3-1-11(2-4-12)17-20-15-7-8-22(10-14(15)18(24)21-17)9-13-5-6-16(27-13)23(25)26/h1-6H,7-10,19H2,(H,20,21,24). The van der Waals surface area contributed by atoms with Crippen LogP contribution in [0, 0.1) is 10.1 Å². The van der Waals surface area contributed by atoms with Gasteiger partial charge in [0, 0.05) is 48.2 Å². The summed E-state index contributed by atoms with van der Waals surface area (Å²) in [5.74, 6) is 0.543. The van der Waals surface area contributed by atoms with Crippen LogP contribution in [0.15, 0.2) is 41.2 Å². The minimum Gasteiger partial charge on any atom is -0.399 e. The van der Waals surface area contributed by atoms with Gasteiger partial charge in [-0.25, -0.2) is 4.98 Å². The molecule has 0 atom stereocenters. The maximum Gasteiger partial charge on any atom is 0.324 e. The lowest BCUT2D eigenvalue weighted by Gasteiger charge is -2.27. The van der Waals surface area contributed by atoms with Crippen LogP contribution in [-0.2, 0) is 19.5 Å². The number of anilines is 1. The number of hydrogen-bond donors (Lipinski definition) is 2. The zero-order chi connectivity index (χ0) is 19.0. The van der Waals surface area contributed by atoms with Crippen LogP contribution in [0.25, 0.3) is 11.4 Å². The van der Waals surface area contributed by atoms with Gasteiger partial charge in [-0.3, -0.25) is 19.8 Å². The molecular formula is C18H17N5O3S. The second kappa shape index (κ2) is 6.93. The predicted octanol–water partition coefficient (Wildman–Crippen LogP) is 2.55. The van der Waals surface area contributed by atoms with Crippen molar-refractivity contribution in [3.8, 4) is 11.4 Å². The van der Waals surface area contributed by atoms with Crippen molar-refractivity contribution in [3.63, 3.8) is 0 Å². The molecule has 9 heteroatoms. The van der Waals surface area contributed by atoms with E-state index in [0.29, 0.717) is 36.6 Å². The maximum atomic E-state index is 12.6. The van der Waals surface area contributed by atoms with E-state index in [1.54, 1.807) is 18.2 Å². The fourth-order valence-corrected chi connectivity index (χ4v) is 4.03. The molecule has 3 heterocycles. The highest BCUT2D eigenvalue weighted by Crippen LogP contribution is 2.27. The van der Waals surface area contributed by atoms with Crippen molar-refractivity contribution < 1.29 is 4.92 Å². The molecule has 0 amide bonds. The average Bonchev–Trinajstić information content (AvgIpc) is 3.11. The van der Waals surface area contributed by atoms with Crippen LogP contribution in [0.5, 0.6) is 0 Å². The van der Waals surface area contributed by atoms with Gasteiger partial charge in [0.25, 0.3) is 5.56 Å². The van der Waals surface area contributed by atoms with Crippen molar-refractivity contribution in [2.45, 2.75) is 19.5 Å². The number of nitrogen functional groups attached to an aromatic ring is 1. The number of aromatic nitrogens is 2. The van der Waals surface area contributed by atoms with Crippen LogP contribution in [0.3, 0.4) is 0 Å². The number of nitro groups is 1. The van der Waals surface area contributed by atoms with Gasteiger partial charge in [-0.15, -0.1) is 0 Å². The largest absolute Gasteiger partial charge is 0.399 e. The Morgan fingerprint density at radius 3 is 2.74 bits per heavy atom. The van der Waals surface area contributed by atoms with Crippen molar-refractivity contribution in [1.29, 1.82) is 0 Å². The zero-order valence-corrected chi connectivity index (χ0v) is 15.2. The van der Waals surface area contributed by atoms with E-state index in [4.69, 9.17) is 5.73 Å². The molecule has 0 spiro atoms. The number of rotatable bonds is 4. The molecule has 0 radical (unpaired) electrons. The molecule has 27 heavy (non-hydrogen) atoms. The number of H-pyrrole nitrogens is 1. The lowest BCUT2D eigenvalue weighted by molar-refractivity contribution is -0.380. The first kappa shape index (κ1) is 17.4. The van der Waals surface area contributed by atoms with Gasteiger partial charge in [0.1, 0.15) is 5.82 Å². The lowest BCUT2D eigenvalue weighted by Crippen LogP contribution is -2.35. The fourth-order valence-electron chi connectivity index (χ4n) is 3.16. The first-order chi connectivity index (χ1) is 13.0. The van der Waals surface area contributed by atoms with E-state index >= 15 is 0 Å². The first-order valence-corrected chi connectivity index (χ1v) is 9.24. The number of nitrogens with two attached hydrogens (primary N) is 1. The zero-order valence-electron chi connectivity index (χ0n) is 14.3. The van der Waals surface area contributed by atoms with Crippen LogP contribution in [-0.4, -0.2) is 26.3 Å². The molecule has 0 bridgehead atoms. The van der Waals surface area contributed by atoms with Gasteiger partial charge in [0.15, 0.2) is 0 Å². The molecule has 0 fully saturated rings. The Balaban J connectivity index is 1.55. The van der Waals surface area contributed by atoms with E-state index in [1.165, 1.54) is 17.4 Å². The van der Waals surface area contributed by atoms with Gasteiger partial charge in [0.2, 0.25) is 0 Å². The van der Waals surface area contributed by atoms with Crippen LogP contribution in [0.2, 0.25) is 0 Å². The molecule has 2 aromatic heterocycles. The SMILES string of the molecule is Nc1ccc(-c2nc3c(c(=O)[nH]2)CN(Cc2ccc([N+](=O)[O-])s2)CC3)cc1. The Morgan fingerprint density at radius 1 is 1.26 bits per heavy atom. The minimum atomic E-state index is -0.382. The third-order valence-corrected chi connectivity index (χ3v) is 5.56. The summed E-state index contributed by atoms with van der Waals surface area (Å²) in [6.45, 7) is 1.80. The molecule has 138 valence electrons. The Bertz CT molecular complexity index is 1060. The highest BCUT2D eigenvalue weighted by Gasteiger charge is 2.22. The van der Waals surface area contributed by atoms with E-state index < -0.39 is 0 Å². The van der Waals surface area contributed by atoms with Gasteiger partial charge in [-0.05, 0) is 30.3 Å². The van der Waals surface area contributed by atoms with Crippen molar-refractivity contribution in [2.24, 2.45) is 0 Å². The Kier molecular flexibility index (Phi) is 4.46. The maximum absolute atomic E-state index is 12.6. The molecule has 0 unspecified atom stereocenters. The van der Waals surface area contributed by atoms with Crippen molar-refractivity contribution in [3.05, 3.63) is 73.0 Å². The second-order valence-electron chi connectivity index (χ2n) is 6.42. The summed E-state index contributed by atoms with van der Waals surface area (Å²) < 4.78 is 0. The highest BCUT2D eigenvalue weighted by molar-refractivity contribution is 7.15. The molecule has 8 nitrogen and oxygen atoms in total. The normalized spacial score (nSPS) is 14.1. The summed E-state index contributed by atoms with van der Waals surface area (Å²) in [6, 6.07) is 10.5. The Hall–Kier alpha value is -3.04. The average molecular weight is 383 g/mol. The summed E-state index contributed by atoms with van der Waals surface area (Å²) in [4.78, 5) is 33.5.